The normalized spacial score (nSPS) is 10.8. The Morgan fingerprint density at radius 3 is 2.80 bits per heavy atom. The molecule has 0 fully saturated rings. The lowest BCUT2D eigenvalue weighted by atomic mass is 10.3. The second kappa shape index (κ2) is 5.34. The molecule has 3 nitrogen and oxygen atoms in total. The Kier molecular flexibility index (Phi) is 3.54. The fraction of sp³-hybridized carbons (Fsp3) is 0. The molecule has 6 heteroatoms. The van der Waals surface area contributed by atoms with E-state index in [9.17, 15) is 4.39 Å². The molecule has 2 heterocycles. The molecule has 2 aromatic heterocycles. The molecule has 3 aromatic rings. The third-order valence-electron chi connectivity index (χ3n) is 2.63. The van der Waals surface area contributed by atoms with Crippen molar-refractivity contribution in [3.63, 3.8) is 0 Å². The Hall–Kier alpha value is -1.72. The van der Waals surface area contributed by atoms with Gasteiger partial charge in [-0.3, -0.25) is 4.98 Å². The van der Waals surface area contributed by atoms with E-state index in [0.29, 0.717) is 22.5 Å². The van der Waals surface area contributed by atoms with Crippen LogP contribution in [0.25, 0.3) is 11.0 Å². The highest BCUT2D eigenvalue weighted by molar-refractivity contribution is 9.10. The van der Waals surface area contributed by atoms with Gasteiger partial charge in [0.15, 0.2) is 5.75 Å². The summed E-state index contributed by atoms with van der Waals surface area (Å²) in [6, 6.07) is 7.72. The fourth-order valence-electron chi connectivity index (χ4n) is 1.73. The zero-order valence-electron chi connectivity index (χ0n) is 9.98. The fourth-order valence-corrected chi connectivity index (χ4v) is 2.22. The average molecular weight is 354 g/mol. The first kappa shape index (κ1) is 13.3. The van der Waals surface area contributed by atoms with Crippen LogP contribution >= 0.6 is 27.5 Å². The molecule has 0 spiro atoms. The Morgan fingerprint density at radius 2 is 2.00 bits per heavy atom. The molecule has 0 saturated carbocycles. The summed E-state index contributed by atoms with van der Waals surface area (Å²) in [5.41, 5.74) is 1.32. The first-order chi connectivity index (χ1) is 9.63. The summed E-state index contributed by atoms with van der Waals surface area (Å²) in [5, 5.41) is 0.0107. The standard InChI is InChI=1S/C14H7BrClFN2O/c15-8-5-12-14(19-7-8)13(3-4-18-12)20-9-1-2-11(17)10(16)6-9/h1-7H. The first-order valence-electron chi connectivity index (χ1n) is 5.66. The van der Waals surface area contributed by atoms with Crippen molar-refractivity contribution < 1.29 is 9.13 Å². The molecule has 100 valence electrons. The van der Waals surface area contributed by atoms with Crippen LogP contribution in [0.1, 0.15) is 0 Å². The van der Waals surface area contributed by atoms with Gasteiger partial charge >= 0.3 is 0 Å². The minimum atomic E-state index is -0.486. The van der Waals surface area contributed by atoms with Gasteiger partial charge in [-0.2, -0.15) is 0 Å². The van der Waals surface area contributed by atoms with Crippen molar-refractivity contribution >= 4 is 38.6 Å². The molecule has 3 rings (SSSR count). The lowest BCUT2D eigenvalue weighted by molar-refractivity contribution is 0.484. The van der Waals surface area contributed by atoms with Crippen molar-refractivity contribution in [2.75, 3.05) is 0 Å². The van der Waals surface area contributed by atoms with Crippen LogP contribution in [0.3, 0.4) is 0 Å². The summed E-state index contributed by atoms with van der Waals surface area (Å²) in [5.74, 6) is 0.486. The third-order valence-corrected chi connectivity index (χ3v) is 3.35. The molecule has 0 aliphatic carbocycles. The van der Waals surface area contributed by atoms with Gasteiger partial charge in [0.05, 0.1) is 10.5 Å². The minimum Gasteiger partial charge on any atom is -0.455 e. The topological polar surface area (TPSA) is 35.0 Å². The van der Waals surface area contributed by atoms with E-state index in [1.807, 2.05) is 6.07 Å². The largest absolute Gasteiger partial charge is 0.455 e. The molecule has 0 aliphatic heterocycles. The molecule has 0 radical (unpaired) electrons. The summed E-state index contributed by atoms with van der Waals surface area (Å²) in [7, 11) is 0. The average Bonchev–Trinajstić information content (AvgIpc) is 2.43. The molecule has 1 aromatic carbocycles. The molecule has 0 saturated heterocycles. The van der Waals surface area contributed by atoms with Crippen LogP contribution in [0.4, 0.5) is 4.39 Å². The third kappa shape index (κ3) is 2.59. The molecular formula is C14H7BrClFN2O. The monoisotopic (exact) mass is 352 g/mol. The van der Waals surface area contributed by atoms with Gasteiger partial charge in [-0.1, -0.05) is 11.6 Å². The van der Waals surface area contributed by atoms with E-state index in [4.69, 9.17) is 16.3 Å². The quantitative estimate of drug-likeness (QED) is 0.652. The van der Waals surface area contributed by atoms with E-state index in [1.54, 1.807) is 18.5 Å². The molecule has 20 heavy (non-hydrogen) atoms. The maximum atomic E-state index is 13.1. The van der Waals surface area contributed by atoms with E-state index in [0.717, 1.165) is 4.47 Å². The maximum absolute atomic E-state index is 13.1. The van der Waals surface area contributed by atoms with Crippen molar-refractivity contribution in [2.45, 2.75) is 0 Å². The van der Waals surface area contributed by atoms with Gasteiger partial charge in [0, 0.05) is 29.0 Å². The van der Waals surface area contributed by atoms with Crippen LogP contribution in [0.2, 0.25) is 5.02 Å². The number of halogens is 3. The van der Waals surface area contributed by atoms with Crippen molar-refractivity contribution in [2.24, 2.45) is 0 Å². The van der Waals surface area contributed by atoms with Crippen molar-refractivity contribution in [1.29, 1.82) is 0 Å². The summed E-state index contributed by atoms with van der Waals surface area (Å²) >= 11 is 9.07. The van der Waals surface area contributed by atoms with E-state index in [2.05, 4.69) is 25.9 Å². The summed E-state index contributed by atoms with van der Waals surface area (Å²) < 4.78 is 19.7. The van der Waals surface area contributed by atoms with E-state index in [-0.39, 0.29) is 5.02 Å². The van der Waals surface area contributed by atoms with Gasteiger partial charge < -0.3 is 4.74 Å². The second-order valence-corrected chi connectivity index (χ2v) is 5.33. The van der Waals surface area contributed by atoms with Crippen LogP contribution in [-0.2, 0) is 0 Å². The zero-order valence-corrected chi connectivity index (χ0v) is 12.3. The highest BCUT2D eigenvalue weighted by Gasteiger charge is 2.08. The predicted molar refractivity (Wildman–Crippen MR) is 78.7 cm³/mol. The van der Waals surface area contributed by atoms with E-state index < -0.39 is 5.82 Å². The van der Waals surface area contributed by atoms with Crippen LogP contribution in [0.5, 0.6) is 11.5 Å². The second-order valence-electron chi connectivity index (χ2n) is 4.01. The lowest BCUT2D eigenvalue weighted by Gasteiger charge is -2.08. The van der Waals surface area contributed by atoms with Crippen LogP contribution in [0, 0.1) is 5.82 Å². The molecule has 0 atom stereocenters. The first-order valence-corrected chi connectivity index (χ1v) is 6.84. The van der Waals surface area contributed by atoms with Gasteiger partial charge in [0.2, 0.25) is 0 Å². The summed E-state index contributed by atoms with van der Waals surface area (Å²) in [6.07, 6.45) is 3.28. The molecule has 0 unspecified atom stereocenters. The Balaban J connectivity index is 2.04. The van der Waals surface area contributed by atoms with Crippen molar-refractivity contribution in [3.8, 4) is 11.5 Å². The molecule has 0 N–H and O–H groups in total. The van der Waals surface area contributed by atoms with Crippen molar-refractivity contribution in [1.82, 2.24) is 9.97 Å². The molecule has 0 amide bonds. The van der Waals surface area contributed by atoms with Gasteiger partial charge in [0.25, 0.3) is 0 Å². The Morgan fingerprint density at radius 1 is 1.15 bits per heavy atom. The number of fused-ring (bicyclic) bond motifs is 1. The Bertz CT molecular complexity index is 797. The van der Waals surface area contributed by atoms with Crippen LogP contribution < -0.4 is 4.74 Å². The van der Waals surface area contributed by atoms with Crippen LogP contribution in [-0.4, -0.2) is 9.97 Å². The number of rotatable bonds is 2. The lowest BCUT2D eigenvalue weighted by Crippen LogP contribution is -1.90. The van der Waals surface area contributed by atoms with Gasteiger partial charge in [-0.05, 0) is 34.1 Å². The number of pyridine rings is 2. The van der Waals surface area contributed by atoms with E-state index >= 15 is 0 Å². The maximum Gasteiger partial charge on any atom is 0.156 e. The highest BCUT2D eigenvalue weighted by atomic mass is 79.9. The Labute approximate surface area is 127 Å². The number of benzene rings is 1. The van der Waals surface area contributed by atoms with Gasteiger partial charge in [-0.25, -0.2) is 9.37 Å². The van der Waals surface area contributed by atoms with Gasteiger partial charge in [-0.15, -0.1) is 0 Å². The smallest absolute Gasteiger partial charge is 0.156 e. The molecular weight excluding hydrogens is 347 g/mol. The summed E-state index contributed by atoms with van der Waals surface area (Å²) in [4.78, 5) is 8.49. The number of ether oxygens (including phenoxy) is 1. The number of nitrogens with zero attached hydrogens (tertiary/aromatic N) is 2. The van der Waals surface area contributed by atoms with Crippen LogP contribution in [0.15, 0.2) is 47.2 Å². The SMILES string of the molecule is Fc1ccc(Oc2ccnc3cc(Br)cnc23)cc1Cl. The number of hydrogen-bond donors (Lipinski definition) is 0. The number of hydrogen-bond acceptors (Lipinski definition) is 3. The number of aromatic nitrogens is 2. The minimum absolute atomic E-state index is 0.0107. The zero-order chi connectivity index (χ0) is 14.1. The molecule has 0 bridgehead atoms. The van der Waals surface area contributed by atoms with Gasteiger partial charge in [0.1, 0.15) is 17.1 Å². The summed E-state index contributed by atoms with van der Waals surface area (Å²) in [6.45, 7) is 0. The van der Waals surface area contributed by atoms with Crippen molar-refractivity contribution in [3.05, 3.63) is 58.0 Å². The molecule has 0 aliphatic rings. The highest BCUT2D eigenvalue weighted by Crippen LogP contribution is 2.30. The van der Waals surface area contributed by atoms with E-state index in [1.165, 1.54) is 18.2 Å². The predicted octanol–water partition coefficient (Wildman–Crippen LogP) is 4.98.